The molecule has 0 atom stereocenters. The Morgan fingerprint density at radius 2 is 2.00 bits per heavy atom. The van der Waals surface area contributed by atoms with Crippen molar-refractivity contribution in [1.29, 1.82) is 0 Å². The van der Waals surface area contributed by atoms with E-state index >= 15 is 0 Å². The van der Waals surface area contributed by atoms with Crippen LogP contribution in [-0.2, 0) is 10.0 Å². The predicted octanol–water partition coefficient (Wildman–Crippen LogP) is 0.978. The maximum absolute atomic E-state index is 11.5. The molecule has 1 fully saturated rings. The summed E-state index contributed by atoms with van der Waals surface area (Å²) in [6, 6.07) is 3.18. The zero-order valence-corrected chi connectivity index (χ0v) is 14.3. The van der Waals surface area contributed by atoms with Crippen molar-refractivity contribution < 1.29 is 17.9 Å². The van der Waals surface area contributed by atoms with Crippen LogP contribution in [0.3, 0.4) is 0 Å². The maximum atomic E-state index is 11.5. The van der Waals surface area contributed by atoms with E-state index in [1.54, 1.807) is 26.2 Å². The highest BCUT2D eigenvalue weighted by atomic mass is 32.2. The molecule has 23 heavy (non-hydrogen) atoms. The number of rotatable bonds is 4. The number of piperidine rings is 1. The fraction of sp³-hybridized carbons (Fsp3) is 0.571. The van der Waals surface area contributed by atoms with Gasteiger partial charge in [0.2, 0.25) is 15.9 Å². The van der Waals surface area contributed by atoms with E-state index in [1.807, 2.05) is 0 Å². The fourth-order valence-corrected chi connectivity index (χ4v) is 3.09. The number of hydrogen-bond donors (Lipinski definition) is 1. The van der Waals surface area contributed by atoms with Gasteiger partial charge < -0.3 is 15.0 Å². The van der Waals surface area contributed by atoms with Crippen LogP contribution >= 0.6 is 0 Å². The number of carbonyl (C=O) groups is 1. The summed E-state index contributed by atoms with van der Waals surface area (Å²) in [5.41, 5.74) is 0.586. The van der Waals surface area contributed by atoms with E-state index in [0.717, 1.165) is 0 Å². The van der Waals surface area contributed by atoms with Gasteiger partial charge in [-0.15, -0.1) is 0 Å². The summed E-state index contributed by atoms with van der Waals surface area (Å²) in [4.78, 5) is 17.1. The van der Waals surface area contributed by atoms with Crippen LogP contribution in [0.25, 0.3) is 0 Å². The van der Waals surface area contributed by atoms with Gasteiger partial charge in [0.1, 0.15) is 6.10 Å². The number of sulfonamides is 1. The molecule has 0 radical (unpaired) electrons. The highest BCUT2D eigenvalue weighted by molar-refractivity contribution is 7.88. The highest BCUT2D eigenvalue weighted by Gasteiger charge is 2.26. The summed E-state index contributed by atoms with van der Waals surface area (Å²) in [6.45, 7) is 0.918. The van der Waals surface area contributed by atoms with Gasteiger partial charge in [-0.2, -0.15) is 0 Å². The molecule has 8 nitrogen and oxygen atoms in total. The van der Waals surface area contributed by atoms with Crippen LogP contribution in [0.4, 0.5) is 10.5 Å². The third-order valence-electron chi connectivity index (χ3n) is 3.55. The average Bonchev–Trinajstić information content (AvgIpc) is 2.49. The minimum absolute atomic E-state index is 0.0530. The monoisotopic (exact) mass is 342 g/mol. The molecule has 0 aliphatic carbocycles. The number of amides is 2. The Bertz CT molecular complexity index is 637. The van der Waals surface area contributed by atoms with E-state index < -0.39 is 10.0 Å². The molecular formula is C14H22N4O4S. The molecular weight excluding hydrogens is 320 g/mol. The first-order valence-corrected chi connectivity index (χ1v) is 9.16. The van der Waals surface area contributed by atoms with E-state index in [9.17, 15) is 13.2 Å². The fourth-order valence-electron chi connectivity index (χ4n) is 2.21. The maximum Gasteiger partial charge on any atom is 0.321 e. The lowest BCUT2D eigenvalue weighted by Crippen LogP contribution is -2.41. The lowest BCUT2D eigenvalue weighted by atomic mass is 10.1. The molecule has 0 bridgehead atoms. The lowest BCUT2D eigenvalue weighted by molar-refractivity contribution is 0.130. The number of carbonyl (C=O) groups excluding carboxylic acids is 1. The Morgan fingerprint density at radius 3 is 2.48 bits per heavy atom. The first-order chi connectivity index (χ1) is 10.8. The van der Waals surface area contributed by atoms with Crippen LogP contribution in [0, 0.1) is 0 Å². The number of urea groups is 1. The minimum atomic E-state index is -3.13. The molecule has 0 saturated carbocycles. The largest absolute Gasteiger partial charge is 0.474 e. The number of hydrogen-bond acceptors (Lipinski definition) is 5. The van der Waals surface area contributed by atoms with E-state index in [2.05, 4.69) is 10.3 Å². The highest BCUT2D eigenvalue weighted by Crippen LogP contribution is 2.19. The van der Waals surface area contributed by atoms with E-state index in [0.29, 0.717) is 37.5 Å². The Morgan fingerprint density at radius 1 is 1.35 bits per heavy atom. The van der Waals surface area contributed by atoms with Crippen LogP contribution in [0.5, 0.6) is 5.88 Å². The summed E-state index contributed by atoms with van der Waals surface area (Å²) < 4.78 is 30.1. The first-order valence-electron chi connectivity index (χ1n) is 7.32. The number of nitrogens with one attached hydrogen (secondary N) is 1. The van der Waals surface area contributed by atoms with Crippen molar-refractivity contribution in [2.24, 2.45) is 0 Å². The van der Waals surface area contributed by atoms with Gasteiger partial charge >= 0.3 is 6.03 Å². The minimum Gasteiger partial charge on any atom is -0.474 e. The number of nitrogens with zero attached hydrogens (tertiary/aromatic N) is 3. The molecule has 1 aromatic heterocycles. The smallest absolute Gasteiger partial charge is 0.321 e. The summed E-state index contributed by atoms with van der Waals surface area (Å²) in [5, 5.41) is 2.69. The molecule has 1 aromatic rings. The molecule has 1 aliphatic rings. The number of anilines is 1. The standard InChI is InChI=1S/C14H22N4O4S/c1-17(2)14(19)16-11-4-5-13(15-10-11)22-12-6-8-18(9-7-12)23(3,20)21/h4-5,10,12H,6-9H2,1-3H3,(H,16,19). The van der Waals surface area contributed by atoms with Crippen LogP contribution in [0.1, 0.15) is 12.8 Å². The van der Waals surface area contributed by atoms with Crippen molar-refractivity contribution in [3.05, 3.63) is 18.3 Å². The molecule has 2 heterocycles. The van der Waals surface area contributed by atoms with Crippen molar-refractivity contribution >= 4 is 21.7 Å². The topological polar surface area (TPSA) is 91.8 Å². The third-order valence-corrected chi connectivity index (χ3v) is 4.85. The Kier molecular flexibility index (Phi) is 5.42. The predicted molar refractivity (Wildman–Crippen MR) is 87.0 cm³/mol. The molecule has 0 aromatic carbocycles. The van der Waals surface area contributed by atoms with Gasteiger partial charge in [0.05, 0.1) is 18.1 Å². The number of ether oxygens (including phenoxy) is 1. The lowest BCUT2D eigenvalue weighted by Gasteiger charge is -2.30. The quantitative estimate of drug-likeness (QED) is 0.880. The Labute approximate surface area is 136 Å². The van der Waals surface area contributed by atoms with Gasteiger partial charge in [0.25, 0.3) is 0 Å². The second kappa shape index (κ2) is 7.14. The molecule has 1 saturated heterocycles. The van der Waals surface area contributed by atoms with Gasteiger partial charge in [-0.05, 0) is 18.9 Å². The van der Waals surface area contributed by atoms with Gasteiger partial charge in [-0.3, -0.25) is 0 Å². The normalized spacial score (nSPS) is 16.8. The molecule has 1 N–H and O–H groups in total. The van der Waals surface area contributed by atoms with E-state index in [1.165, 1.54) is 21.7 Å². The molecule has 0 spiro atoms. The summed E-state index contributed by atoms with van der Waals surface area (Å²) in [5.74, 6) is 0.464. The number of aromatic nitrogens is 1. The SMILES string of the molecule is CN(C)C(=O)Nc1ccc(OC2CCN(S(C)(=O)=O)CC2)nc1. The van der Waals surface area contributed by atoms with E-state index in [-0.39, 0.29) is 12.1 Å². The molecule has 2 rings (SSSR count). The van der Waals surface area contributed by atoms with Gasteiger partial charge in [-0.25, -0.2) is 22.5 Å². The van der Waals surface area contributed by atoms with Gasteiger partial charge in [-0.1, -0.05) is 0 Å². The van der Waals surface area contributed by atoms with Gasteiger partial charge in [0.15, 0.2) is 0 Å². The van der Waals surface area contributed by atoms with Crippen LogP contribution in [0.15, 0.2) is 18.3 Å². The van der Waals surface area contributed by atoms with Crippen molar-refractivity contribution in [3.8, 4) is 5.88 Å². The Balaban J connectivity index is 1.86. The van der Waals surface area contributed by atoms with Crippen molar-refractivity contribution in [2.75, 3.05) is 38.8 Å². The first kappa shape index (κ1) is 17.5. The van der Waals surface area contributed by atoms with Crippen LogP contribution < -0.4 is 10.1 Å². The van der Waals surface area contributed by atoms with Crippen molar-refractivity contribution in [2.45, 2.75) is 18.9 Å². The van der Waals surface area contributed by atoms with Crippen molar-refractivity contribution in [1.82, 2.24) is 14.2 Å². The summed E-state index contributed by atoms with van der Waals surface area (Å²) in [7, 11) is 0.183. The summed E-state index contributed by atoms with van der Waals surface area (Å²) >= 11 is 0. The molecule has 1 aliphatic heterocycles. The zero-order chi connectivity index (χ0) is 17.0. The molecule has 128 valence electrons. The second-order valence-corrected chi connectivity index (χ2v) is 7.67. The third kappa shape index (κ3) is 5.07. The molecule has 9 heteroatoms. The van der Waals surface area contributed by atoms with Gasteiger partial charge in [0, 0.05) is 33.3 Å². The average molecular weight is 342 g/mol. The van der Waals surface area contributed by atoms with E-state index in [4.69, 9.17) is 4.74 Å². The zero-order valence-electron chi connectivity index (χ0n) is 13.5. The summed E-state index contributed by atoms with van der Waals surface area (Å²) in [6.07, 6.45) is 3.96. The number of pyridine rings is 1. The molecule has 0 unspecified atom stereocenters. The Hall–Kier alpha value is -1.87. The second-order valence-electron chi connectivity index (χ2n) is 5.69. The molecule has 2 amide bonds. The van der Waals surface area contributed by atoms with Crippen LogP contribution in [-0.4, -0.2) is 68.2 Å². The van der Waals surface area contributed by atoms with Crippen LogP contribution in [0.2, 0.25) is 0 Å². The van der Waals surface area contributed by atoms with Crippen molar-refractivity contribution in [3.63, 3.8) is 0 Å².